The van der Waals surface area contributed by atoms with E-state index in [4.69, 9.17) is 5.11 Å². The summed E-state index contributed by atoms with van der Waals surface area (Å²) in [5, 5.41) is 9.13. The van der Waals surface area contributed by atoms with E-state index in [-0.39, 0.29) is 29.4 Å². The minimum Gasteiger partial charge on any atom is -0.480 e. The van der Waals surface area contributed by atoms with Gasteiger partial charge in [0.1, 0.15) is 6.04 Å². The van der Waals surface area contributed by atoms with E-state index in [1.54, 1.807) is 6.92 Å². The summed E-state index contributed by atoms with van der Waals surface area (Å²) in [6.45, 7) is 5.31. The number of nitrogens with one attached hydrogen (secondary N) is 1. The van der Waals surface area contributed by atoms with Crippen LogP contribution in [0.15, 0.2) is 29.2 Å². The zero-order chi connectivity index (χ0) is 16.9. The Balaban J connectivity index is 3.08. The molecule has 0 aliphatic heterocycles. The highest BCUT2D eigenvalue weighted by Gasteiger charge is 2.26. The summed E-state index contributed by atoms with van der Waals surface area (Å²) in [6, 6.07) is 4.41. The van der Waals surface area contributed by atoms with Gasteiger partial charge in [0, 0.05) is 12.0 Å². The molecule has 7 heteroatoms. The van der Waals surface area contributed by atoms with Crippen molar-refractivity contribution in [3.63, 3.8) is 0 Å². The maximum absolute atomic E-state index is 12.3. The fraction of sp³-hybridized carbons (Fsp3) is 0.467. The molecule has 0 amide bonds. The van der Waals surface area contributed by atoms with Crippen molar-refractivity contribution in [2.45, 2.75) is 44.6 Å². The SMILES string of the molecule is CCC(=O)c1cccc(S(=O)(=O)NC(CC(C)C)C(=O)O)c1. The standard InChI is InChI=1S/C15H21NO5S/c1-4-14(17)11-6-5-7-12(9-11)22(20,21)16-13(15(18)19)8-10(2)3/h5-7,9-10,13,16H,4,8H2,1-3H3,(H,18,19). The normalized spacial score (nSPS) is 13.1. The minimum absolute atomic E-state index is 0.0248. The van der Waals surface area contributed by atoms with Gasteiger partial charge in [0.15, 0.2) is 5.78 Å². The van der Waals surface area contributed by atoms with Crippen LogP contribution in [0.5, 0.6) is 0 Å². The summed E-state index contributed by atoms with van der Waals surface area (Å²) < 4.78 is 26.8. The first-order chi connectivity index (χ1) is 10.2. The molecule has 0 aliphatic rings. The molecule has 1 atom stereocenters. The van der Waals surface area contributed by atoms with E-state index in [1.165, 1.54) is 24.3 Å². The van der Waals surface area contributed by atoms with E-state index in [9.17, 15) is 18.0 Å². The summed E-state index contributed by atoms with van der Waals surface area (Å²) in [6.07, 6.45) is 0.449. The molecule has 0 aromatic heterocycles. The van der Waals surface area contributed by atoms with Crippen LogP contribution in [0.2, 0.25) is 0 Å². The maximum Gasteiger partial charge on any atom is 0.321 e. The second-order valence-electron chi connectivity index (χ2n) is 5.45. The van der Waals surface area contributed by atoms with E-state index in [1.807, 2.05) is 13.8 Å². The lowest BCUT2D eigenvalue weighted by molar-refractivity contribution is -0.139. The fourth-order valence-electron chi connectivity index (χ4n) is 1.97. The van der Waals surface area contributed by atoms with Gasteiger partial charge in [0.25, 0.3) is 0 Å². The molecule has 122 valence electrons. The van der Waals surface area contributed by atoms with Crippen LogP contribution in [-0.2, 0) is 14.8 Å². The third-order valence-electron chi connectivity index (χ3n) is 3.09. The topological polar surface area (TPSA) is 101 Å². The number of sulfonamides is 1. The molecular weight excluding hydrogens is 306 g/mol. The Hall–Kier alpha value is -1.73. The van der Waals surface area contributed by atoms with Gasteiger partial charge in [-0.25, -0.2) is 8.42 Å². The number of carbonyl (C=O) groups excluding carboxylic acids is 1. The van der Waals surface area contributed by atoms with Crippen molar-refractivity contribution >= 4 is 21.8 Å². The average Bonchev–Trinajstić information content (AvgIpc) is 2.45. The summed E-state index contributed by atoms with van der Waals surface area (Å²) >= 11 is 0. The quantitative estimate of drug-likeness (QED) is 0.712. The van der Waals surface area contributed by atoms with Crippen LogP contribution in [-0.4, -0.2) is 31.3 Å². The predicted molar refractivity (Wildman–Crippen MR) is 82.3 cm³/mol. The van der Waals surface area contributed by atoms with Crippen LogP contribution in [0.1, 0.15) is 44.0 Å². The Bertz CT molecular complexity index is 652. The first-order valence-electron chi connectivity index (χ1n) is 7.05. The molecule has 0 saturated carbocycles. The van der Waals surface area contributed by atoms with Gasteiger partial charge < -0.3 is 5.11 Å². The summed E-state index contributed by atoms with van der Waals surface area (Å²) in [4.78, 5) is 22.7. The fourth-order valence-corrected chi connectivity index (χ4v) is 3.21. The van der Waals surface area contributed by atoms with Gasteiger partial charge in [0.05, 0.1) is 4.90 Å². The molecular formula is C15H21NO5S. The van der Waals surface area contributed by atoms with Gasteiger partial charge >= 0.3 is 5.97 Å². The molecule has 0 bridgehead atoms. The van der Waals surface area contributed by atoms with E-state index >= 15 is 0 Å². The molecule has 2 N–H and O–H groups in total. The van der Waals surface area contributed by atoms with Crippen LogP contribution in [0.3, 0.4) is 0 Å². The third kappa shape index (κ3) is 4.92. The van der Waals surface area contributed by atoms with E-state index < -0.39 is 22.0 Å². The summed E-state index contributed by atoms with van der Waals surface area (Å²) in [5.74, 6) is -1.37. The largest absolute Gasteiger partial charge is 0.480 e. The van der Waals surface area contributed by atoms with Crippen molar-refractivity contribution in [1.29, 1.82) is 0 Å². The van der Waals surface area contributed by atoms with Crippen molar-refractivity contribution in [1.82, 2.24) is 4.72 Å². The van der Waals surface area contributed by atoms with Crippen molar-refractivity contribution < 1.29 is 23.1 Å². The molecule has 0 aliphatic carbocycles. The number of benzene rings is 1. The first kappa shape index (κ1) is 18.3. The number of rotatable bonds is 8. The highest BCUT2D eigenvalue weighted by Crippen LogP contribution is 2.15. The van der Waals surface area contributed by atoms with Crippen LogP contribution in [0, 0.1) is 5.92 Å². The molecule has 1 rings (SSSR count). The number of hydrogen-bond donors (Lipinski definition) is 2. The monoisotopic (exact) mass is 327 g/mol. The Morgan fingerprint density at radius 1 is 1.27 bits per heavy atom. The number of ketones is 1. The molecule has 0 spiro atoms. The molecule has 1 aromatic carbocycles. The number of hydrogen-bond acceptors (Lipinski definition) is 4. The number of carbonyl (C=O) groups is 2. The van der Waals surface area contributed by atoms with Crippen LogP contribution >= 0.6 is 0 Å². The Morgan fingerprint density at radius 3 is 2.41 bits per heavy atom. The van der Waals surface area contributed by atoms with Crippen LogP contribution < -0.4 is 4.72 Å². The molecule has 0 fully saturated rings. The molecule has 1 aromatic rings. The maximum atomic E-state index is 12.3. The molecule has 0 radical (unpaired) electrons. The van der Waals surface area contributed by atoms with Gasteiger partial charge in [0.2, 0.25) is 10.0 Å². The average molecular weight is 327 g/mol. The van der Waals surface area contributed by atoms with Crippen molar-refractivity contribution in [3.05, 3.63) is 29.8 Å². The molecule has 6 nitrogen and oxygen atoms in total. The lowest BCUT2D eigenvalue weighted by atomic mass is 10.1. The smallest absolute Gasteiger partial charge is 0.321 e. The Kier molecular flexibility index (Phi) is 6.25. The van der Waals surface area contributed by atoms with Gasteiger partial charge in [-0.15, -0.1) is 0 Å². The van der Waals surface area contributed by atoms with Crippen molar-refractivity contribution in [2.24, 2.45) is 5.92 Å². The van der Waals surface area contributed by atoms with E-state index in [0.29, 0.717) is 5.56 Å². The number of aliphatic carboxylic acids is 1. The lowest BCUT2D eigenvalue weighted by Gasteiger charge is -2.16. The minimum atomic E-state index is -4.00. The van der Waals surface area contributed by atoms with Gasteiger partial charge in [-0.2, -0.15) is 4.72 Å². The van der Waals surface area contributed by atoms with Crippen molar-refractivity contribution in [3.8, 4) is 0 Å². The Labute approximate surface area is 130 Å². The predicted octanol–water partition coefficient (Wildman–Crippen LogP) is 2.06. The zero-order valence-corrected chi connectivity index (χ0v) is 13.7. The highest BCUT2D eigenvalue weighted by molar-refractivity contribution is 7.89. The van der Waals surface area contributed by atoms with Gasteiger partial charge in [-0.05, 0) is 24.5 Å². The molecule has 0 saturated heterocycles. The lowest BCUT2D eigenvalue weighted by Crippen LogP contribution is -2.41. The first-order valence-corrected chi connectivity index (χ1v) is 8.54. The summed E-state index contributed by atoms with van der Waals surface area (Å²) in [7, 11) is -4.00. The van der Waals surface area contributed by atoms with Crippen molar-refractivity contribution in [2.75, 3.05) is 0 Å². The zero-order valence-electron chi connectivity index (χ0n) is 12.9. The van der Waals surface area contributed by atoms with Crippen LogP contribution in [0.25, 0.3) is 0 Å². The second kappa shape index (κ2) is 7.51. The number of Topliss-reactive ketones (excluding diaryl/α,β-unsaturated/α-hetero) is 1. The van der Waals surface area contributed by atoms with E-state index in [2.05, 4.69) is 4.72 Å². The van der Waals surface area contributed by atoms with Gasteiger partial charge in [-0.3, -0.25) is 9.59 Å². The molecule has 22 heavy (non-hydrogen) atoms. The molecule has 0 heterocycles. The number of carboxylic acids is 1. The van der Waals surface area contributed by atoms with Gasteiger partial charge in [-0.1, -0.05) is 32.9 Å². The van der Waals surface area contributed by atoms with Crippen LogP contribution in [0.4, 0.5) is 0 Å². The van der Waals surface area contributed by atoms with E-state index in [0.717, 1.165) is 0 Å². The third-order valence-corrected chi connectivity index (χ3v) is 4.56. The number of carboxylic acid groups (broad SMARTS) is 1. The summed E-state index contributed by atoms with van der Waals surface area (Å²) in [5.41, 5.74) is 0.293. The highest BCUT2D eigenvalue weighted by atomic mass is 32.2. The molecule has 1 unspecified atom stereocenters. The second-order valence-corrected chi connectivity index (χ2v) is 7.16. The Morgan fingerprint density at radius 2 is 1.91 bits per heavy atom.